The van der Waals surface area contributed by atoms with Gasteiger partial charge in [0, 0.05) is 6.20 Å². The van der Waals surface area contributed by atoms with Crippen LogP contribution >= 0.6 is 12.2 Å². The third-order valence-electron chi connectivity index (χ3n) is 1.45. The van der Waals surface area contributed by atoms with Crippen LogP contribution in [-0.4, -0.2) is 10.2 Å². The zero-order valence-corrected chi connectivity index (χ0v) is 6.52. The second-order valence-electron chi connectivity index (χ2n) is 2.19. The SMILES string of the molecule is S=C1NCc2ncccc2O1. The molecule has 11 heavy (non-hydrogen) atoms. The molecule has 0 atom stereocenters. The van der Waals surface area contributed by atoms with Crippen molar-refractivity contribution in [3.05, 3.63) is 24.0 Å². The number of thiocarbonyl (C=S) groups is 1. The van der Waals surface area contributed by atoms with Gasteiger partial charge in [-0.2, -0.15) is 0 Å². The van der Waals surface area contributed by atoms with Gasteiger partial charge in [0.15, 0.2) is 5.75 Å². The molecule has 2 rings (SSSR count). The third kappa shape index (κ3) is 1.17. The Balaban J connectivity index is 2.41. The van der Waals surface area contributed by atoms with Gasteiger partial charge in [-0.3, -0.25) is 4.98 Å². The highest BCUT2D eigenvalue weighted by atomic mass is 32.1. The molecule has 1 aromatic heterocycles. The second-order valence-corrected chi connectivity index (χ2v) is 2.56. The van der Waals surface area contributed by atoms with E-state index in [1.165, 1.54) is 0 Å². The Hall–Kier alpha value is -1.16. The third-order valence-corrected chi connectivity index (χ3v) is 1.68. The highest BCUT2D eigenvalue weighted by Crippen LogP contribution is 2.17. The molecule has 0 radical (unpaired) electrons. The Morgan fingerprint density at radius 1 is 1.64 bits per heavy atom. The molecule has 4 heteroatoms. The van der Waals surface area contributed by atoms with Crippen molar-refractivity contribution in [3.63, 3.8) is 0 Å². The highest BCUT2D eigenvalue weighted by molar-refractivity contribution is 7.80. The summed E-state index contributed by atoms with van der Waals surface area (Å²) in [5.74, 6) is 0.760. The van der Waals surface area contributed by atoms with Crippen molar-refractivity contribution in [1.82, 2.24) is 10.3 Å². The number of hydrogen-bond acceptors (Lipinski definition) is 3. The molecule has 1 aliphatic heterocycles. The molecule has 1 aliphatic rings. The van der Waals surface area contributed by atoms with Crippen molar-refractivity contribution in [2.45, 2.75) is 6.54 Å². The number of fused-ring (bicyclic) bond motifs is 1. The van der Waals surface area contributed by atoms with Crippen LogP contribution in [-0.2, 0) is 6.54 Å². The lowest BCUT2D eigenvalue weighted by molar-refractivity contribution is 0.490. The Kier molecular flexibility index (Phi) is 1.47. The molecule has 0 bridgehead atoms. The van der Waals surface area contributed by atoms with E-state index in [4.69, 9.17) is 17.0 Å². The van der Waals surface area contributed by atoms with Crippen LogP contribution in [0.5, 0.6) is 5.75 Å². The fourth-order valence-electron chi connectivity index (χ4n) is 0.941. The van der Waals surface area contributed by atoms with Crippen molar-refractivity contribution in [2.24, 2.45) is 0 Å². The minimum Gasteiger partial charge on any atom is -0.430 e. The summed E-state index contributed by atoms with van der Waals surface area (Å²) in [7, 11) is 0. The molecule has 2 heterocycles. The molecule has 0 saturated heterocycles. The first kappa shape index (κ1) is 6.54. The zero-order valence-electron chi connectivity index (χ0n) is 5.70. The summed E-state index contributed by atoms with van der Waals surface area (Å²) in [6.45, 7) is 0.662. The fraction of sp³-hybridized carbons (Fsp3) is 0.143. The first-order valence-corrected chi connectivity index (χ1v) is 3.66. The van der Waals surface area contributed by atoms with Crippen molar-refractivity contribution in [3.8, 4) is 5.75 Å². The average molecular weight is 166 g/mol. The number of ether oxygens (including phenoxy) is 1. The monoisotopic (exact) mass is 166 g/mol. The van der Waals surface area contributed by atoms with Gasteiger partial charge in [-0.25, -0.2) is 0 Å². The minimum atomic E-state index is 0.422. The van der Waals surface area contributed by atoms with E-state index in [2.05, 4.69) is 10.3 Å². The van der Waals surface area contributed by atoms with Gasteiger partial charge < -0.3 is 10.1 Å². The fourth-order valence-corrected chi connectivity index (χ4v) is 1.10. The standard InChI is InChI=1S/C7H6N2OS/c11-7-9-4-5-6(10-7)2-1-3-8-5/h1-3H,4H2,(H,9,11). The van der Waals surface area contributed by atoms with E-state index >= 15 is 0 Å². The zero-order chi connectivity index (χ0) is 7.68. The molecule has 0 unspecified atom stereocenters. The number of hydrogen-bond donors (Lipinski definition) is 1. The molecule has 0 amide bonds. The van der Waals surface area contributed by atoms with Crippen LogP contribution in [0.1, 0.15) is 5.69 Å². The smallest absolute Gasteiger partial charge is 0.262 e. The number of pyridine rings is 1. The maximum absolute atomic E-state index is 5.19. The maximum Gasteiger partial charge on any atom is 0.262 e. The van der Waals surface area contributed by atoms with E-state index in [1.54, 1.807) is 6.20 Å². The van der Waals surface area contributed by atoms with Crippen LogP contribution in [0.4, 0.5) is 0 Å². The van der Waals surface area contributed by atoms with Crippen molar-refractivity contribution < 1.29 is 4.74 Å². The first-order valence-electron chi connectivity index (χ1n) is 3.26. The van der Waals surface area contributed by atoms with Crippen LogP contribution in [0.25, 0.3) is 0 Å². The van der Waals surface area contributed by atoms with E-state index in [1.807, 2.05) is 12.1 Å². The Morgan fingerprint density at radius 2 is 2.55 bits per heavy atom. The molecule has 3 nitrogen and oxygen atoms in total. The van der Waals surface area contributed by atoms with Gasteiger partial charge >= 0.3 is 0 Å². The number of aromatic nitrogens is 1. The van der Waals surface area contributed by atoms with Gasteiger partial charge in [0.25, 0.3) is 5.17 Å². The van der Waals surface area contributed by atoms with Crippen LogP contribution < -0.4 is 10.1 Å². The van der Waals surface area contributed by atoms with Crippen LogP contribution in [0.3, 0.4) is 0 Å². The van der Waals surface area contributed by atoms with E-state index in [0.29, 0.717) is 11.7 Å². The molecule has 0 saturated carbocycles. The predicted molar refractivity (Wildman–Crippen MR) is 44.3 cm³/mol. The normalized spacial score (nSPS) is 14.7. The van der Waals surface area contributed by atoms with Crippen molar-refractivity contribution in [1.29, 1.82) is 0 Å². The molecular weight excluding hydrogens is 160 g/mol. The lowest BCUT2D eigenvalue weighted by atomic mass is 10.3. The van der Waals surface area contributed by atoms with Gasteiger partial charge in [-0.05, 0) is 24.4 Å². The van der Waals surface area contributed by atoms with Gasteiger partial charge in [0.1, 0.15) is 5.69 Å². The van der Waals surface area contributed by atoms with Crippen LogP contribution in [0.2, 0.25) is 0 Å². The summed E-state index contributed by atoms with van der Waals surface area (Å²) in [6.07, 6.45) is 1.73. The van der Waals surface area contributed by atoms with Gasteiger partial charge in [-0.15, -0.1) is 0 Å². The lowest BCUT2D eigenvalue weighted by Gasteiger charge is -2.17. The van der Waals surface area contributed by atoms with Gasteiger partial charge in [0.2, 0.25) is 0 Å². The molecular formula is C7H6N2OS. The highest BCUT2D eigenvalue weighted by Gasteiger charge is 2.12. The summed E-state index contributed by atoms with van der Waals surface area (Å²) >= 11 is 4.82. The molecule has 56 valence electrons. The molecule has 0 aromatic carbocycles. The average Bonchev–Trinajstić information content (AvgIpc) is 2.04. The predicted octanol–water partition coefficient (Wildman–Crippen LogP) is 0.849. The number of nitrogens with one attached hydrogen (secondary N) is 1. The van der Waals surface area contributed by atoms with Crippen LogP contribution in [0.15, 0.2) is 18.3 Å². The molecule has 0 fully saturated rings. The van der Waals surface area contributed by atoms with Crippen LogP contribution in [0, 0.1) is 0 Å². The second kappa shape index (κ2) is 2.47. The topological polar surface area (TPSA) is 34.2 Å². The van der Waals surface area contributed by atoms with Crippen molar-refractivity contribution in [2.75, 3.05) is 0 Å². The van der Waals surface area contributed by atoms with Crippen molar-refractivity contribution >= 4 is 17.4 Å². The molecule has 0 spiro atoms. The van der Waals surface area contributed by atoms with Gasteiger partial charge in [0.05, 0.1) is 6.54 Å². The summed E-state index contributed by atoms with van der Waals surface area (Å²) < 4.78 is 5.19. The van der Waals surface area contributed by atoms with E-state index in [9.17, 15) is 0 Å². The molecule has 0 aliphatic carbocycles. The number of nitrogens with zero attached hydrogens (tertiary/aromatic N) is 1. The minimum absolute atomic E-state index is 0.422. The van der Waals surface area contributed by atoms with Gasteiger partial charge in [-0.1, -0.05) is 0 Å². The van der Waals surface area contributed by atoms with E-state index in [0.717, 1.165) is 11.4 Å². The summed E-state index contributed by atoms with van der Waals surface area (Å²) in [5.41, 5.74) is 0.904. The Labute approximate surface area is 69.4 Å². The largest absolute Gasteiger partial charge is 0.430 e. The Morgan fingerprint density at radius 3 is 3.45 bits per heavy atom. The number of rotatable bonds is 0. The summed E-state index contributed by atoms with van der Waals surface area (Å²) in [4.78, 5) is 4.11. The summed E-state index contributed by atoms with van der Waals surface area (Å²) in [5, 5.41) is 3.31. The van der Waals surface area contributed by atoms with E-state index in [-0.39, 0.29) is 0 Å². The molecule has 1 aromatic rings. The quantitative estimate of drug-likeness (QED) is 0.579. The summed E-state index contributed by atoms with van der Waals surface area (Å²) in [6, 6.07) is 3.68. The first-order chi connectivity index (χ1) is 5.36. The molecule has 1 N–H and O–H groups in total. The lowest BCUT2D eigenvalue weighted by Crippen LogP contribution is -2.31. The maximum atomic E-state index is 5.19. The Bertz CT molecular complexity index is 300. The van der Waals surface area contributed by atoms with E-state index < -0.39 is 0 Å².